The fourth-order valence-corrected chi connectivity index (χ4v) is 2.16. The molecule has 0 radical (unpaired) electrons. The number of hydrogen-bond donors (Lipinski definition) is 2. The zero-order chi connectivity index (χ0) is 13.8. The van der Waals surface area contributed by atoms with Gasteiger partial charge in [-0.2, -0.15) is 0 Å². The summed E-state index contributed by atoms with van der Waals surface area (Å²) >= 11 is 0. The second kappa shape index (κ2) is 5.83. The minimum absolute atomic E-state index is 0.00995. The van der Waals surface area contributed by atoms with Crippen molar-refractivity contribution in [3.63, 3.8) is 0 Å². The number of rotatable bonds is 6. The van der Waals surface area contributed by atoms with Crippen molar-refractivity contribution in [3.05, 3.63) is 29.8 Å². The molecule has 0 saturated carbocycles. The highest BCUT2D eigenvalue weighted by Gasteiger charge is 2.27. The van der Waals surface area contributed by atoms with Gasteiger partial charge in [0.1, 0.15) is 5.75 Å². The summed E-state index contributed by atoms with van der Waals surface area (Å²) in [7, 11) is -2.41. The number of benzene rings is 1. The van der Waals surface area contributed by atoms with Gasteiger partial charge in [-0.1, -0.05) is 18.2 Å². The molecule has 0 aliphatic heterocycles. The molecule has 0 saturated heterocycles. The minimum Gasteiger partial charge on any atom is -0.496 e. The molecule has 0 aliphatic carbocycles. The Morgan fingerprint density at radius 3 is 2.61 bits per heavy atom. The van der Waals surface area contributed by atoms with E-state index < -0.39 is 21.2 Å². The van der Waals surface area contributed by atoms with Crippen LogP contribution in [-0.2, 0) is 21.4 Å². The van der Waals surface area contributed by atoms with E-state index in [0.717, 1.165) is 6.92 Å². The number of hydrogen-bond acceptors (Lipinski definition) is 4. The van der Waals surface area contributed by atoms with Crippen molar-refractivity contribution in [2.24, 2.45) is 0 Å². The number of carboxylic acid groups (broad SMARTS) is 1. The summed E-state index contributed by atoms with van der Waals surface area (Å²) in [5, 5.41) is 7.18. The maximum atomic E-state index is 11.6. The Bertz CT molecular complexity index is 526. The van der Waals surface area contributed by atoms with Crippen LogP contribution in [0.5, 0.6) is 5.75 Å². The first-order valence-corrected chi connectivity index (χ1v) is 6.76. The van der Waals surface area contributed by atoms with Gasteiger partial charge < -0.3 is 9.84 Å². The number of sulfonamides is 1. The van der Waals surface area contributed by atoms with Gasteiger partial charge in [0.05, 0.1) is 7.11 Å². The maximum absolute atomic E-state index is 11.6. The monoisotopic (exact) mass is 273 g/mol. The Hall–Kier alpha value is -1.60. The van der Waals surface area contributed by atoms with Crippen molar-refractivity contribution in [2.75, 3.05) is 7.11 Å². The van der Waals surface area contributed by atoms with Gasteiger partial charge in [0.15, 0.2) is 5.25 Å². The van der Waals surface area contributed by atoms with Crippen LogP contribution in [0.2, 0.25) is 0 Å². The molecule has 1 aromatic carbocycles. The van der Waals surface area contributed by atoms with E-state index in [-0.39, 0.29) is 6.54 Å². The second-order valence-corrected chi connectivity index (χ2v) is 5.74. The van der Waals surface area contributed by atoms with Gasteiger partial charge in [0.2, 0.25) is 10.0 Å². The third kappa shape index (κ3) is 3.44. The van der Waals surface area contributed by atoms with E-state index >= 15 is 0 Å². The van der Waals surface area contributed by atoms with E-state index in [9.17, 15) is 13.2 Å². The molecule has 0 aromatic heterocycles. The molecule has 0 aliphatic rings. The predicted octanol–water partition coefficient (Wildman–Crippen LogP) is 0.588. The van der Waals surface area contributed by atoms with Crippen LogP contribution in [0.15, 0.2) is 24.3 Å². The Morgan fingerprint density at radius 1 is 1.44 bits per heavy atom. The number of para-hydroxylation sites is 1. The molecule has 0 amide bonds. The second-order valence-electron chi connectivity index (χ2n) is 3.66. The third-order valence-electron chi connectivity index (χ3n) is 2.47. The van der Waals surface area contributed by atoms with E-state index in [1.54, 1.807) is 24.3 Å². The molecule has 0 spiro atoms. The van der Waals surface area contributed by atoms with Crippen LogP contribution in [0.25, 0.3) is 0 Å². The molecule has 1 rings (SSSR count). The van der Waals surface area contributed by atoms with Crippen LogP contribution in [0.4, 0.5) is 0 Å². The van der Waals surface area contributed by atoms with Crippen molar-refractivity contribution in [3.8, 4) is 5.75 Å². The van der Waals surface area contributed by atoms with E-state index in [1.807, 2.05) is 0 Å². The molecule has 6 nitrogen and oxygen atoms in total. The van der Waals surface area contributed by atoms with Crippen molar-refractivity contribution in [1.82, 2.24) is 4.72 Å². The molecule has 2 N–H and O–H groups in total. The van der Waals surface area contributed by atoms with Crippen molar-refractivity contribution >= 4 is 16.0 Å². The Labute approximate surface area is 106 Å². The SMILES string of the molecule is COc1ccccc1CNS(=O)(=O)C(C)C(=O)O. The summed E-state index contributed by atoms with van der Waals surface area (Å²) < 4.78 is 30.5. The zero-order valence-electron chi connectivity index (χ0n) is 10.1. The van der Waals surface area contributed by atoms with Crippen LogP contribution >= 0.6 is 0 Å². The molecule has 0 bridgehead atoms. The highest BCUT2D eigenvalue weighted by atomic mass is 32.2. The molecular weight excluding hydrogens is 258 g/mol. The number of carboxylic acids is 1. The Kier molecular flexibility index (Phi) is 4.69. The first kappa shape index (κ1) is 14.5. The molecule has 100 valence electrons. The summed E-state index contributed by atoms with van der Waals surface area (Å²) in [5.74, 6) is -0.842. The standard InChI is InChI=1S/C11H15NO5S/c1-8(11(13)14)18(15,16)12-7-9-5-3-4-6-10(9)17-2/h3-6,8,12H,7H2,1-2H3,(H,13,14). The maximum Gasteiger partial charge on any atom is 0.323 e. The number of methoxy groups -OCH3 is 1. The summed E-state index contributed by atoms with van der Waals surface area (Å²) in [5.41, 5.74) is 0.640. The molecule has 0 heterocycles. The van der Waals surface area contributed by atoms with E-state index in [2.05, 4.69) is 4.72 Å². The van der Waals surface area contributed by atoms with Crippen LogP contribution in [-0.4, -0.2) is 31.9 Å². The van der Waals surface area contributed by atoms with Crippen LogP contribution in [0, 0.1) is 0 Å². The molecule has 7 heteroatoms. The summed E-state index contributed by atoms with van der Waals surface area (Å²) in [6.45, 7) is 1.11. The number of nitrogens with one attached hydrogen (secondary N) is 1. The topological polar surface area (TPSA) is 92.7 Å². The predicted molar refractivity (Wildman–Crippen MR) is 65.9 cm³/mol. The normalized spacial score (nSPS) is 13.0. The van der Waals surface area contributed by atoms with Gasteiger partial charge in [-0.3, -0.25) is 4.79 Å². The summed E-state index contributed by atoms with van der Waals surface area (Å²) in [4.78, 5) is 10.6. The molecule has 1 atom stereocenters. The van der Waals surface area contributed by atoms with Gasteiger partial charge in [0, 0.05) is 12.1 Å². The fourth-order valence-electron chi connectivity index (χ4n) is 1.29. The zero-order valence-corrected chi connectivity index (χ0v) is 10.9. The molecule has 1 unspecified atom stereocenters. The lowest BCUT2D eigenvalue weighted by Gasteiger charge is -2.12. The van der Waals surface area contributed by atoms with Gasteiger partial charge in [0.25, 0.3) is 0 Å². The average Bonchev–Trinajstić information content (AvgIpc) is 2.35. The lowest BCUT2D eigenvalue weighted by atomic mass is 10.2. The smallest absolute Gasteiger partial charge is 0.323 e. The molecule has 18 heavy (non-hydrogen) atoms. The van der Waals surface area contributed by atoms with Gasteiger partial charge in [-0.15, -0.1) is 0 Å². The van der Waals surface area contributed by atoms with E-state index in [4.69, 9.17) is 9.84 Å². The van der Waals surface area contributed by atoms with Crippen molar-refractivity contribution in [1.29, 1.82) is 0 Å². The lowest BCUT2D eigenvalue weighted by Crippen LogP contribution is -2.37. The first-order chi connectivity index (χ1) is 8.38. The summed E-state index contributed by atoms with van der Waals surface area (Å²) in [6, 6.07) is 6.90. The highest BCUT2D eigenvalue weighted by molar-refractivity contribution is 7.90. The quantitative estimate of drug-likeness (QED) is 0.791. The Balaban J connectivity index is 2.79. The average molecular weight is 273 g/mol. The van der Waals surface area contributed by atoms with Crippen molar-refractivity contribution in [2.45, 2.75) is 18.7 Å². The third-order valence-corrected chi connectivity index (χ3v) is 4.15. The highest BCUT2D eigenvalue weighted by Crippen LogP contribution is 2.17. The van der Waals surface area contributed by atoms with Crippen LogP contribution in [0.3, 0.4) is 0 Å². The van der Waals surface area contributed by atoms with E-state index in [0.29, 0.717) is 11.3 Å². The van der Waals surface area contributed by atoms with E-state index in [1.165, 1.54) is 7.11 Å². The van der Waals surface area contributed by atoms with Gasteiger partial charge in [-0.25, -0.2) is 13.1 Å². The number of ether oxygens (including phenoxy) is 1. The van der Waals surface area contributed by atoms with Crippen molar-refractivity contribution < 1.29 is 23.1 Å². The fraction of sp³-hybridized carbons (Fsp3) is 0.364. The van der Waals surface area contributed by atoms with Gasteiger partial charge >= 0.3 is 5.97 Å². The largest absolute Gasteiger partial charge is 0.496 e. The van der Waals surface area contributed by atoms with Crippen LogP contribution < -0.4 is 9.46 Å². The number of aliphatic carboxylic acids is 1. The first-order valence-electron chi connectivity index (χ1n) is 5.21. The Morgan fingerprint density at radius 2 is 2.06 bits per heavy atom. The number of carbonyl (C=O) groups is 1. The summed E-state index contributed by atoms with van der Waals surface area (Å²) in [6.07, 6.45) is 0. The molecular formula is C11H15NO5S. The van der Waals surface area contributed by atoms with Crippen LogP contribution in [0.1, 0.15) is 12.5 Å². The lowest BCUT2D eigenvalue weighted by molar-refractivity contribution is -0.136. The van der Waals surface area contributed by atoms with Gasteiger partial charge in [-0.05, 0) is 13.0 Å². The molecule has 0 fully saturated rings. The molecule has 1 aromatic rings. The minimum atomic E-state index is -3.89.